The van der Waals surface area contributed by atoms with Gasteiger partial charge in [0.25, 0.3) is 0 Å². The molecule has 2 fully saturated rings. The summed E-state index contributed by atoms with van der Waals surface area (Å²) in [6.07, 6.45) is 8.83. The van der Waals surface area contributed by atoms with Gasteiger partial charge in [-0.15, -0.1) is 5.10 Å². The number of carbonyl (C=O) groups is 1. The van der Waals surface area contributed by atoms with Crippen LogP contribution in [0, 0.1) is 12.3 Å². The molecule has 2 aromatic heterocycles. The minimum Gasteiger partial charge on any atom is -0.354 e. The topological polar surface area (TPSA) is 84.1 Å². The third-order valence-electron chi connectivity index (χ3n) is 6.45. The third kappa shape index (κ3) is 4.20. The number of nitrogens with zero attached hydrogens (tertiary/aromatic N) is 7. The van der Waals surface area contributed by atoms with Crippen LogP contribution < -0.4 is 5.32 Å². The Morgan fingerprint density at radius 2 is 2.14 bits per heavy atom. The lowest BCUT2D eigenvalue weighted by atomic mass is 9.67. The first-order valence-electron chi connectivity index (χ1n) is 10.5. The number of nitrogens with one attached hydrogen (secondary N) is 1. The largest absolute Gasteiger partial charge is 0.354 e. The number of hydrogen-bond acceptors (Lipinski definition) is 6. The summed E-state index contributed by atoms with van der Waals surface area (Å²) in [5.74, 6) is 0.198. The van der Waals surface area contributed by atoms with Gasteiger partial charge in [-0.2, -0.15) is 5.10 Å². The first-order valence-corrected chi connectivity index (χ1v) is 10.5. The number of rotatable bonds is 6. The molecule has 158 valence electrons. The highest BCUT2D eigenvalue weighted by molar-refractivity contribution is 5.83. The Hall–Kier alpha value is -2.26. The van der Waals surface area contributed by atoms with Crippen molar-refractivity contribution >= 4 is 5.91 Å². The summed E-state index contributed by atoms with van der Waals surface area (Å²) in [6.45, 7) is 6.91. The van der Waals surface area contributed by atoms with E-state index in [0.717, 1.165) is 51.1 Å². The molecule has 0 aromatic carbocycles. The Bertz CT molecular complexity index is 845. The summed E-state index contributed by atoms with van der Waals surface area (Å²) in [5, 5.41) is 15.6. The van der Waals surface area contributed by atoms with Gasteiger partial charge in [0.2, 0.25) is 5.91 Å². The second kappa shape index (κ2) is 8.23. The average molecular weight is 401 g/mol. The minimum atomic E-state index is -0.314. The SMILES string of the molecule is Cc1cn(CCNC(=O)[C@@]23CCCN(Cc4cnn(C)c4)[C@H]2CN(C)CC3)nn1. The number of aromatic nitrogens is 5. The standard InChI is InChI=1S/C20H32N8O/c1-16-12-28(24-23-16)10-7-21-19(29)20-5-4-8-27(14-17-11-22-26(3)13-17)18(20)15-25(2)9-6-20/h11-13,18H,4-10,14-15H2,1-3H3,(H,21,29)/t18-,20+/m0/s1. The number of fused-ring (bicyclic) bond motifs is 1. The molecule has 2 saturated heterocycles. The molecule has 2 aromatic rings. The van der Waals surface area contributed by atoms with Crippen molar-refractivity contribution in [2.24, 2.45) is 12.5 Å². The zero-order valence-corrected chi connectivity index (χ0v) is 17.7. The molecule has 0 unspecified atom stereocenters. The summed E-state index contributed by atoms with van der Waals surface area (Å²) in [7, 11) is 4.11. The molecular formula is C20H32N8O. The molecule has 0 bridgehead atoms. The van der Waals surface area contributed by atoms with E-state index in [4.69, 9.17) is 0 Å². The molecule has 0 radical (unpaired) electrons. The van der Waals surface area contributed by atoms with E-state index in [0.29, 0.717) is 13.1 Å². The second-order valence-electron chi connectivity index (χ2n) is 8.66. The van der Waals surface area contributed by atoms with Gasteiger partial charge in [-0.3, -0.25) is 19.1 Å². The maximum Gasteiger partial charge on any atom is 0.227 e. The lowest BCUT2D eigenvalue weighted by Gasteiger charge is -2.53. The molecule has 9 heteroatoms. The van der Waals surface area contributed by atoms with E-state index in [9.17, 15) is 4.79 Å². The van der Waals surface area contributed by atoms with E-state index in [1.165, 1.54) is 5.56 Å². The van der Waals surface area contributed by atoms with Crippen LogP contribution in [-0.4, -0.2) is 79.7 Å². The predicted molar refractivity (Wildman–Crippen MR) is 109 cm³/mol. The molecule has 4 heterocycles. The van der Waals surface area contributed by atoms with Crippen molar-refractivity contribution in [1.82, 2.24) is 39.9 Å². The van der Waals surface area contributed by atoms with Crippen molar-refractivity contribution in [2.45, 2.75) is 45.3 Å². The number of aryl methyl sites for hydroxylation is 2. The Kier molecular flexibility index (Phi) is 5.69. The maximum absolute atomic E-state index is 13.4. The second-order valence-corrected chi connectivity index (χ2v) is 8.66. The fourth-order valence-corrected chi connectivity index (χ4v) is 4.95. The van der Waals surface area contributed by atoms with E-state index in [-0.39, 0.29) is 17.4 Å². The van der Waals surface area contributed by atoms with E-state index in [1.807, 2.05) is 31.0 Å². The van der Waals surface area contributed by atoms with Gasteiger partial charge >= 0.3 is 0 Å². The van der Waals surface area contributed by atoms with Crippen LogP contribution in [0.1, 0.15) is 30.5 Å². The Balaban J connectivity index is 1.46. The third-order valence-corrected chi connectivity index (χ3v) is 6.45. The molecule has 4 rings (SSSR count). The van der Waals surface area contributed by atoms with Crippen LogP contribution >= 0.6 is 0 Å². The first-order chi connectivity index (χ1) is 14.0. The normalized spacial score (nSPS) is 25.7. The van der Waals surface area contributed by atoms with Crippen LogP contribution in [0.15, 0.2) is 18.6 Å². The van der Waals surface area contributed by atoms with Gasteiger partial charge in [0.15, 0.2) is 0 Å². The van der Waals surface area contributed by atoms with Crippen LogP contribution in [-0.2, 0) is 24.9 Å². The maximum atomic E-state index is 13.4. The Morgan fingerprint density at radius 3 is 2.86 bits per heavy atom. The summed E-state index contributed by atoms with van der Waals surface area (Å²) < 4.78 is 3.63. The number of likely N-dealkylation sites (N-methyl/N-ethyl adjacent to an activating group) is 1. The van der Waals surface area contributed by atoms with E-state index in [1.54, 1.807) is 4.68 Å². The van der Waals surface area contributed by atoms with Crippen LogP contribution in [0.3, 0.4) is 0 Å². The summed E-state index contributed by atoms with van der Waals surface area (Å²) in [6, 6.07) is 0.226. The molecule has 0 aliphatic carbocycles. The highest BCUT2D eigenvalue weighted by Gasteiger charge is 2.52. The molecule has 29 heavy (non-hydrogen) atoms. The lowest BCUT2D eigenvalue weighted by molar-refractivity contribution is -0.145. The first kappa shape index (κ1) is 20.0. The molecule has 9 nitrogen and oxygen atoms in total. The van der Waals surface area contributed by atoms with Gasteiger partial charge in [0.05, 0.1) is 23.9 Å². The highest BCUT2D eigenvalue weighted by atomic mass is 16.2. The monoisotopic (exact) mass is 400 g/mol. The highest BCUT2D eigenvalue weighted by Crippen LogP contribution is 2.43. The molecule has 0 spiro atoms. The summed E-state index contributed by atoms with van der Waals surface area (Å²) in [5.41, 5.74) is 1.78. The summed E-state index contributed by atoms with van der Waals surface area (Å²) in [4.78, 5) is 18.3. The zero-order valence-electron chi connectivity index (χ0n) is 17.7. The van der Waals surface area contributed by atoms with E-state index < -0.39 is 0 Å². The average Bonchev–Trinajstić information content (AvgIpc) is 3.30. The zero-order chi connectivity index (χ0) is 20.4. The minimum absolute atomic E-state index is 0.198. The molecule has 2 aliphatic heterocycles. The van der Waals surface area contributed by atoms with Crippen molar-refractivity contribution < 1.29 is 4.79 Å². The van der Waals surface area contributed by atoms with Gasteiger partial charge in [0.1, 0.15) is 0 Å². The summed E-state index contributed by atoms with van der Waals surface area (Å²) >= 11 is 0. The van der Waals surface area contributed by atoms with Gasteiger partial charge in [-0.1, -0.05) is 5.21 Å². The molecule has 2 aliphatic rings. The quantitative estimate of drug-likeness (QED) is 0.757. The van der Waals surface area contributed by atoms with Crippen molar-refractivity contribution in [3.8, 4) is 0 Å². The van der Waals surface area contributed by atoms with E-state index in [2.05, 4.69) is 43.8 Å². The van der Waals surface area contributed by atoms with Crippen LogP contribution in [0.25, 0.3) is 0 Å². The lowest BCUT2D eigenvalue weighted by Crippen LogP contribution is -2.65. The Morgan fingerprint density at radius 1 is 1.28 bits per heavy atom. The predicted octanol–water partition coefficient (Wildman–Crippen LogP) is 0.423. The fraction of sp³-hybridized carbons (Fsp3) is 0.700. The van der Waals surface area contributed by atoms with Gasteiger partial charge in [0, 0.05) is 50.7 Å². The van der Waals surface area contributed by atoms with Crippen molar-refractivity contribution in [1.29, 1.82) is 0 Å². The van der Waals surface area contributed by atoms with Gasteiger partial charge in [-0.05, 0) is 46.3 Å². The van der Waals surface area contributed by atoms with Crippen LogP contribution in [0.5, 0.6) is 0 Å². The van der Waals surface area contributed by atoms with Crippen LogP contribution in [0.4, 0.5) is 0 Å². The molecule has 1 amide bonds. The Labute approximate surface area is 172 Å². The van der Waals surface area contributed by atoms with Crippen LogP contribution in [0.2, 0.25) is 0 Å². The van der Waals surface area contributed by atoms with E-state index >= 15 is 0 Å². The number of carbonyl (C=O) groups excluding carboxylic acids is 1. The number of hydrogen-bond donors (Lipinski definition) is 1. The van der Waals surface area contributed by atoms with Crippen molar-refractivity contribution in [3.63, 3.8) is 0 Å². The fourth-order valence-electron chi connectivity index (χ4n) is 4.95. The van der Waals surface area contributed by atoms with Gasteiger partial charge in [-0.25, -0.2) is 0 Å². The molecule has 2 atom stereocenters. The van der Waals surface area contributed by atoms with Gasteiger partial charge < -0.3 is 10.2 Å². The number of likely N-dealkylation sites (tertiary alicyclic amines) is 2. The number of piperidine rings is 2. The molecule has 0 saturated carbocycles. The molecular weight excluding hydrogens is 368 g/mol. The molecule has 1 N–H and O–H groups in total. The van der Waals surface area contributed by atoms with Crippen molar-refractivity contribution in [2.75, 3.05) is 33.2 Å². The van der Waals surface area contributed by atoms with Crippen molar-refractivity contribution in [3.05, 3.63) is 29.8 Å². The number of amides is 1. The smallest absolute Gasteiger partial charge is 0.227 e.